The number of para-hydroxylation sites is 1. The van der Waals surface area contributed by atoms with Crippen LogP contribution in [-0.2, 0) is 16.1 Å². The minimum Gasteiger partial charge on any atom is -0.496 e. The summed E-state index contributed by atoms with van der Waals surface area (Å²) < 4.78 is 5.32. The van der Waals surface area contributed by atoms with E-state index in [1.807, 2.05) is 49.4 Å². The van der Waals surface area contributed by atoms with Gasteiger partial charge in [-0.15, -0.1) is 0 Å². The maximum atomic E-state index is 12.2. The van der Waals surface area contributed by atoms with E-state index >= 15 is 0 Å². The molecule has 2 aromatic rings. The topological polar surface area (TPSA) is 67.4 Å². The first-order valence-electron chi connectivity index (χ1n) is 7.95. The predicted octanol–water partition coefficient (Wildman–Crippen LogP) is 3.37. The second-order valence-corrected chi connectivity index (χ2v) is 5.63. The number of ether oxygens (including phenoxy) is 1. The van der Waals surface area contributed by atoms with Crippen molar-refractivity contribution in [1.29, 1.82) is 0 Å². The summed E-state index contributed by atoms with van der Waals surface area (Å²) in [6.45, 7) is 3.71. The van der Waals surface area contributed by atoms with Gasteiger partial charge in [-0.2, -0.15) is 0 Å². The van der Waals surface area contributed by atoms with Gasteiger partial charge in [-0.05, 0) is 36.3 Å². The van der Waals surface area contributed by atoms with Crippen LogP contribution in [0.15, 0.2) is 54.6 Å². The quantitative estimate of drug-likeness (QED) is 0.794. The summed E-state index contributed by atoms with van der Waals surface area (Å²) in [5.41, 5.74) is 3.32. The van der Waals surface area contributed by atoms with Gasteiger partial charge in [0.25, 0.3) is 0 Å². The van der Waals surface area contributed by atoms with Gasteiger partial charge in [0, 0.05) is 30.8 Å². The number of carbonyl (C=O) groups excluding carboxylic acids is 2. The lowest BCUT2D eigenvalue weighted by molar-refractivity contribution is -0.116. The molecule has 0 saturated carbocycles. The van der Waals surface area contributed by atoms with Crippen LogP contribution in [0.2, 0.25) is 0 Å². The van der Waals surface area contributed by atoms with Gasteiger partial charge in [-0.3, -0.25) is 9.59 Å². The monoisotopic (exact) mass is 338 g/mol. The number of anilines is 1. The molecule has 0 fully saturated rings. The third kappa shape index (κ3) is 5.49. The van der Waals surface area contributed by atoms with E-state index in [-0.39, 0.29) is 11.8 Å². The highest BCUT2D eigenvalue weighted by atomic mass is 16.5. The third-order valence-electron chi connectivity index (χ3n) is 3.59. The van der Waals surface area contributed by atoms with Crippen LogP contribution in [0.4, 0.5) is 5.69 Å². The van der Waals surface area contributed by atoms with Crippen LogP contribution in [0, 0.1) is 0 Å². The minimum absolute atomic E-state index is 0.128. The molecule has 0 unspecified atom stereocenters. The molecule has 0 saturated heterocycles. The van der Waals surface area contributed by atoms with Crippen LogP contribution in [0.25, 0.3) is 5.57 Å². The second kappa shape index (κ2) is 8.68. The molecular formula is C20H22N2O3. The Bertz CT molecular complexity index is 797. The fourth-order valence-electron chi connectivity index (χ4n) is 2.45. The Morgan fingerprint density at radius 1 is 1.08 bits per heavy atom. The molecular weight excluding hydrogens is 316 g/mol. The van der Waals surface area contributed by atoms with Crippen molar-refractivity contribution in [3.63, 3.8) is 0 Å². The number of allylic oxidation sites excluding steroid dienone is 1. The minimum atomic E-state index is -0.187. The molecule has 2 aromatic carbocycles. The molecule has 0 spiro atoms. The van der Waals surface area contributed by atoms with E-state index in [0.717, 1.165) is 22.4 Å². The van der Waals surface area contributed by atoms with Crippen molar-refractivity contribution in [3.8, 4) is 5.75 Å². The van der Waals surface area contributed by atoms with Crippen LogP contribution in [0.1, 0.15) is 25.0 Å². The van der Waals surface area contributed by atoms with Gasteiger partial charge in [0.2, 0.25) is 11.8 Å². The van der Waals surface area contributed by atoms with Crippen LogP contribution in [0.5, 0.6) is 5.75 Å². The summed E-state index contributed by atoms with van der Waals surface area (Å²) >= 11 is 0. The van der Waals surface area contributed by atoms with Crippen molar-refractivity contribution in [2.45, 2.75) is 20.4 Å². The van der Waals surface area contributed by atoms with E-state index in [0.29, 0.717) is 12.2 Å². The number of rotatable bonds is 6. The third-order valence-corrected chi connectivity index (χ3v) is 3.59. The van der Waals surface area contributed by atoms with Gasteiger partial charge < -0.3 is 15.4 Å². The summed E-state index contributed by atoms with van der Waals surface area (Å²) in [6, 6.07) is 14.9. The molecule has 0 heterocycles. The van der Waals surface area contributed by atoms with Crippen molar-refractivity contribution < 1.29 is 14.3 Å². The van der Waals surface area contributed by atoms with Gasteiger partial charge in [-0.1, -0.05) is 30.3 Å². The average Bonchev–Trinajstić information content (AvgIpc) is 2.59. The van der Waals surface area contributed by atoms with Crippen molar-refractivity contribution >= 4 is 23.1 Å². The predicted molar refractivity (Wildman–Crippen MR) is 99.2 cm³/mol. The molecule has 25 heavy (non-hydrogen) atoms. The van der Waals surface area contributed by atoms with Crippen molar-refractivity contribution in [2.24, 2.45) is 0 Å². The van der Waals surface area contributed by atoms with E-state index in [1.54, 1.807) is 19.3 Å². The highest BCUT2D eigenvalue weighted by Gasteiger charge is 2.06. The first-order chi connectivity index (χ1) is 12.0. The highest BCUT2D eigenvalue weighted by Crippen LogP contribution is 2.24. The Labute approximate surface area is 147 Å². The van der Waals surface area contributed by atoms with E-state index in [1.165, 1.54) is 6.92 Å². The normalized spacial score (nSPS) is 10.9. The molecule has 0 aliphatic carbocycles. The standard InChI is InChI=1S/C20H22N2O3/c1-14(18-9-4-5-10-19(18)25-3)11-20(24)21-13-16-7-6-8-17(12-16)22-15(2)23/h4-12H,13H2,1-3H3,(H,21,24)(H,22,23). The molecule has 2 rings (SSSR count). The van der Waals surface area contributed by atoms with Crippen molar-refractivity contribution in [3.05, 3.63) is 65.7 Å². The lowest BCUT2D eigenvalue weighted by Gasteiger charge is -2.09. The zero-order valence-electron chi connectivity index (χ0n) is 14.6. The maximum absolute atomic E-state index is 12.2. The Kier molecular flexibility index (Phi) is 6.34. The highest BCUT2D eigenvalue weighted by molar-refractivity contribution is 5.95. The Morgan fingerprint density at radius 3 is 2.56 bits per heavy atom. The Hall–Kier alpha value is -3.08. The fourth-order valence-corrected chi connectivity index (χ4v) is 2.45. The number of amides is 2. The van der Waals surface area contributed by atoms with Crippen LogP contribution in [0.3, 0.4) is 0 Å². The SMILES string of the molecule is COc1ccccc1C(C)=CC(=O)NCc1cccc(NC(C)=O)c1. The molecule has 0 aromatic heterocycles. The first-order valence-corrected chi connectivity index (χ1v) is 7.95. The summed E-state index contributed by atoms with van der Waals surface area (Å²) in [7, 11) is 1.61. The molecule has 0 aliphatic heterocycles. The summed E-state index contributed by atoms with van der Waals surface area (Å²) in [5.74, 6) is 0.414. The van der Waals surface area contributed by atoms with Gasteiger partial charge in [-0.25, -0.2) is 0 Å². The lowest BCUT2D eigenvalue weighted by atomic mass is 10.1. The maximum Gasteiger partial charge on any atom is 0.244 e. The van der Waals surface area contributed by atoms with Gasteiger partial charge >= 0.3 is 0 Å². The van der Waals surface area contributed by atoms with E-state index < -0.39 is 0 Å². The average molecular weight is 338 g/mol. The number of nitrogens with one attached hydrogen (secondary N) is 2. The second-order valence-electron chi connectivity index (χ2n) is 5.63. The van der Waals surface area contributed by atoms with Gasteiger partial charge in [0.15, 0.2) is 0 Å². The van der Waals surface area contributed by atoms with Crippen molar-refractivity contribution in [1.82, 2.24) is 5.32 Å². The van der Waals surface area contributed by atoms with E-state index in [4.69, 9.17) is 4.74 Å². The van der Waals surface area contributed by atoms with E-state index in [9.17, 15) is 9.59 Å². The fraction of sp³-hybridized carbons (Fsp3) is 0.200. The van der Waals surface area contributed by atoms with Crippen molar-refractivity contribution in [2.75, 3.05) is 12.4 Å². The first kappa shape index (κ1) is 18.3. The molecule has 5 heteroatoms. The molecule has 5 nitrogen and oxygen atoms in total. The summed E-state index contributed by atoms with van der Waals surface area (Å²) in [4.78, 5) is 23.3. The number of hydrogen-bond donors (Lipinski definition) is 2. The van der Waals surface area contributed by atoms with Gasteiger partial charge in [0.05, 0.1) is 7.11 Å². The van der Waals surface area contributed by atoms with Gasteiger partial charge in [0.1, 0.15) is 5.75 Å². The molecule has 2 N–H and O–H groups in total. The number of carbonyl (C=O) groups is 2. The number of benzene rings is 2. The molecule has 0 atom stereocenters. The van der Waals surface area contributed by atoms with Crippen LogP contribution >= 0.6 is 0 Å². The summed E-state index contributed by atoms with van der Waals surface area (Å²) in [5, 5.41) is 5.57. The Morgan fingerprint density at radius 2 is 1.84 bits per heavy atom. The number of methoxy groups -OCH3 is 1. The molecule has 0 radical (unpaired) electrons. The largest absolute Gasteiger partial charge is 0.496 e. The zero-order chi connectivity index (χ0) is 18.2. The van der Waals surface area contributed by atoms with Crippen LogP contribution in [-0.4, -0.2) is 18.9 Å². The molecule has 2 amide bonds. The molecule has 0 bridgehead atoms. The van der Waals surface area contributed by atoms with E-state index in [2.05, 4.69) is 10.6 Å². The lowest BCUT2D eigenvalue weighted by Crippen LogP contribution is -2.20. The smallest absolute Gasteiger partial charge is 0.244 e. The Balaban J connectivity index is 2.01. The zero-order valence-corrected chi connectivity index (χ0v) is 14.6. The number of hydrogen-bond acceptors (Lipinski definition) is 3. The molecule has 0 aliphatic rings. The summed E-state index contributed by atoms with van der Waals surface area (Å²) in [6.07, 6.45) is 1.55. The molecule has 130 valence electrons. The van der Waals surface area contributed by atoms with Crippen LogP contribution < -0.4 is 15.4 Å².